The summed E-state index contributed by atoms with van der Waals surface area (Å²) in [6.07, 6.45) is 2.19. The van der Waals surface area contributed by atoms with Gasteiger partial charge in [0.2, 0.25) is 0 Å². The van der Waals surface area contributed by atoms with E-state index in [1.165, 1.54) is 0 Å². The minimum atomic E-state index is 0.0272. The lowest BCUT2D eigenvalue weighted by Crippen LogP contribution is -2.25. The number of rotatable bonds is 5. The van der Waals surface area contributed by atoms with Crippen molar-refractivity contribution in [1.82, 2.24) is 10.5 Å². The molecule has 0 atom stereocenters. The average Bonchev–Trinajstić information content (AvgIpc) is 3.23. The molecule has 110 valence electrons. The van der Waals surface area contributed by atoms with Crippen LogP contribution in [-0.2, 0) is 5.75 Å². The summed E-state index contributed by atoms with van der Waals surface area (Å²) in [5.41, 5.74) is 2.78. The lowest BCUT2D eigenvalue weighted by atomic mass is 10.2. The molecule has 2 aromatic rings. The van der Waals surface area contributed by atoms with E-state index in [2.05, 4.69) is 10.5 Å². The number of thioether (sulfide) groups is 1. The van der Waals surface area contributed by atoms with E-state index in [4.69, 9.17) is 4.52 Å². The maximum atomic E-state index is 12.3. The number of hydrogen-bond donors (Lipinski definition) is 1. The number of carbonyl (C=O) groups excluding carboxylic acids is 1. The third kappa shape index (κ3) is 3.29. The van der Waals surface area contributed by atoms with Crippen molar-refractivity contribution in [3.05, 3.63) is 46.8 Å². The molecule has 1 fully saturated rings. The van der Waals surface area contributed by atoms with Crippen molar-refractivity contribution in [3.63, 3.8) is 0 Å². The molecule has 0 radical (unpaired) electrons. The molecule has 1 amide bonds. The molecular formula is C16H18N2O2S. The summed E-state index contributed by atoms with van der Waals surface area (Å²) in [5.74, 6) is 1.63. The van der Waals surface area contributed by atoms with Gasteiger partial charge in [-0.2, -0.15) is 0 Å². The Kier molecular flexibility index (Phi) is 4.01. The normalized spacial score (nSPS) is 14.2. The van der Waals surface area contributed by atoms with Crippen molar-refractivity contribution < 1.29 is 9.32 Å². The second-order valence-electron chi connectivity index (χ2n) is 5.34. The van der Waals surface area contributed by atoms with Crippen LogP contribution in [0.25, 0.3) is 0 Å². The zero-order valence-corrected chi connectivity index (χ0v) is 13.0. The number of nitrogens with one attached hydrogen (secondary N) is 1. The van der Waals surface area contributed by atoms with E-state index in [0.29, 0.717) is 6.04 Å². The Morgan fingerprint density at radius 2 is 2.14 bits per heavy atom. The maximum Gasteiger partial charge on any atom is 0.252 e. The highest BCUT2D eigenvalue weighted by Gasteiger charge is 2.24. The Labute approximate surface area is 128 Å². The van der Waals surface area contributed by atoms with Crippen LogP contribution in [0.15, 0.2) is 33.7 Å². The van der Waals surface area contributed by atoms with Gasteiger partial charge in [-0.25, -0.2) is 0 Å². The van der Waals surface area contributed by atoms with E-state index in [9.17, 15) is 4.79 Å². The molecule has 1 aliphatic rings. The van der Waals surface area contributed by atoms with Crippen LogP contribution in [0.1, 0.15) is 40.2 Å². The van der Waals surface area contributed by atoms with Crippen LogP contribution in [-0.4, -0.2) is 17.1 Å². The molecule has 0 bridgehead atoms. The Morgan fingerprint density at radius 3 is 2.81 bits per heavy atom. The van der Waals surface area contributed by atoms with Crippen LogP contribution in [0.2, 0.25) is 0 Å². The van der Waals surface area contributed by atoms with E-state index in [0.717, 1.165) is 46.1 Å². The van der Waals surface area contributed by atoms with Gasteiger partial charge in [-0.05, 0) is 38.8 Å². The van der Waals surface area contributed by atoms with E-state index in [1.807, 2.05) is 38.1 Å². The third-order valence-electron chi connectivity index (χ3n) is 3.60. The van der Waals surface area contributed by atoms with Crippen molar-refractivity contribution in [2.75, 3.05) is 0 Å². The molecule has 1 heterocycles. The van der Waals surface area contributed by atoms with Crippen LogP contribution >= 0.6 is 11.8 Å². The van der Waals surface area contributed by atoms with Gasteiger partial charge < -0.3 is 9.84 Å². The Morgan fingerprint density at radius 1 is 1.38 bits per heavy atom. The van der Waals surface area contributed by atoms with Gasteiger partial charge in [-0.15, -0.1) is 11.8 Å². The number of hydrogen-bond acceptors (Lipinski definition) is 4. The number of aryl methyl sites for hydroxylation is 2. The molecule has 0 spiro atoms. The zero-order chi connectivity index (χ0) is 14.8. The number of amides is 1. The summed E-state index contributed by atoms with van der Waals surface area (Å²) in [6.45, 7) is 3.86. The molecule has 1 aromatic heterocycles. The topological polar surface area (TPSA) is 55.1 Å². The fourth-order valence-corrected chi connectivity index (χ4v) is 3.33. The highest BCUT2D eigenvalue weighted by molar-refractivity contribution is 7.98. The molecule has 0 unspecified atom stereocenters. The van der Waals surface area contributed by atoms with Crippen molar-refractivity contribution in [1.29, 1.82) is 0 Å². The molecule has 1 aliphatic carbocycles. The summed E-state index contributed by atoms with van der Waals surface area (Å²) in [5, 5.41) is 7.01. The zero-order valence-electron chi connectivity index (χ0n) is 12.2. The highest BCUT2D eigenvalue weighted by atomic mass is 32.2. The van der Waals surface area contributed by atoms with Crippen LogP contribution in [0.4, 0.5) is 0 Å². The summed E-state index contributed by atoms with van der Waals surface area (Å²) >= 11 is 1.65. The molecule has 0 saturated heterocycles. The van der Waals surface area contributed by atoms with Gasteiger partial charge in [0, 0.05) is 22.3 Å². The number of nitrogens with zero attached hydrogens (tertiary/aromatic N) is 1. The second kappa shape index (κ2) is 5.93. The number of carbonyl (C=O) groups is 1. The predicted molar refractivity (Wildman–Crippen MR) is 82.5 cm³/mol. The summed E-state index contributed by atoms with van der Waals surface area (Å²) < 4.78 is 5.18. The quantitative estimate of drug-likeness (QED) is 0.859. The van der Waals surface area contributed by atoms with E-state index < -0.39 is 0 Å². The average molecular weight is 302 g/mol. The van der Waals surface area contributed by atoms with Crippen LogP contribution < -0.4 is 5.32 Å². The summed E-state index contributed by atoms with van der Waals surface area (Å²) in [7, 11) is 0. The minimum absolute atomic E-state index is 0.0272. The van der Waals surface area contributed by atoms with Crippen molar-refractivity contribution >= 4 is 17.7 Å². The molecule has 21 heavy (non-hydrogen) atoms. The van der Waals surface area contributed by atoms with Gasteiger partial charge in [0.05, 0.1) is 11.3 Å². The Hall–Kier alpha value is -1.75. The molecule has 5 heteroatoms. The van der Waals surface area contributed by atoms with E-state index in [1.54, 1.807) is 11.8 Å². The molecule has 3 rings (SSSR count). The molecule has 1 N–H and O–H groups in total. The molecular weight excluding hydrogens is 284 g/mol. The van der Waals surface area contributed by atoms with Gasteiger partial charge in [-0.1, -0.05) is 17.3 Å². The molecule has 1 saturated carbocycles. The Balaban J connectivity index is 1.74. The molecule has 4 nitrogen and oxygen atoms in total. The fraction of sp³-hybridized carbons (Fsp3) is 0.375. The smallest absolute Gasteiger partial charge is 0.252 e. The first kappa shape index (κ1) is 14.2. The minimum Gasteiger partial charge on any atom is -0.361 e. The largest absolute Gasteiger partial charge is 0.361 e. The lowest BCUT2D eigenvalue weighted by Gasteiger charge is -2.09. The van der Waals surface area contributed by atoms with Crippen LogP contribution in [0.5, 0.6) is 0 Å². The monoisotopic (exact) mass is 302 g/mol. The maximum absolute atomic E-state index is 12.3. The first-order valence-corrected chi connectivity index (χ1v) is 8.08. The van der Waals surface area contributed by atoms with Gasteiger partial charge >= 0.3 is 0 Å². The fourth-order valence-electron chi connectivity index (χ4n) is 2.13. The lowest BCUT2D eigenvalue weighted by molar-refractivity contribution is 0.0948. The Bertz CT molecular complexity index is 643. The van der Waals surface area contributed by atoms with Gasteiger partial charge in [0.15, 0.2) is 0 Å². The van der Waals surface area contributed by atoms with Gasteiger partial charge in [-0.3, -0.25) is 4.79 Å². The van der Waals surface area contributed by atoms with Gasteiger partial charge in [0.1, 0.15) is 5.76 Å². The summed E-state index contributed by atoms with van der Waals surface area (Å²) in [4.78, 5) is 13.3. The van der Waals surface area contributed by atoms with Gasteiger partial charge in [0.25, 0.3) is 5.91 Å². The standard InChI is InChI=1S/C16H18N2O2S/c1-10-14(11(2)20-18-10)9-21-15-6-4-3-5-13(15)16(19)17-12-7-8-12/h3-6,12H,7-9H2,1-2H3,(H,17,19). The number of benzene rings is 1. The first-order chi connectivity index (χ1) is 10.1. The third-order valence-corrected chi connectivity index (χ3v) is 4.70. The van der Waals surface area contributed by atoms with E-state index in [-0.39, 0.29) is 5.91 Å². The van der Waals surface area contributed by atoms with Crippen molar-refractivity contribution in [2.45, 2.75) is 43.4 Å². The highest BCUT2D eigenvalue weighted by Crippen LogP contribution is 2.29. The number of aromatic nitrogens is 1. The van der Waals surface area contributed by atoms with Crippen LogP contribution in [0, 0.1) is 13.8 Å². The second-order valence-corrected chi connectivity index (χ2v) is 6.35. The van der Waals surface area contributed by atoms with Crippen LogP contribution in [0.3, 0.4) is 0 Å². The predicted octanol–water partition coefficient (Wildman–Crippen LogP) is 3.48. The first-order valence-electron chi connectivity index (χ1n) is 7.09. The van der Waals surface area contributed by atoms with E-state index >= 15 is 0 Å². The summed E-state index contributed by atoms with van der Waals surface area (Å²) in [6, 6.07) is 8.11. The molecule has 0 aliphatic heterocycles. The molecule has 1 aromatic carbocycles. The van der Waals surface area contributed by atoms with Crippen molar-refractivity contribution in [2.24, 2.45) is 0 Å². The van der Waals surface area contributed by atoms with Crippen molar-refractivity contribution in [3.8, 4) is 0 Å². The SMILES string of the molecule is Cc1noc(C)c1CSc1ccccc1C(=O)NC1CC1.